The number of rotatable bonds is 7. The minimum atomic E-state index is -4.60. The van der Waals surface area contributed by atoms with Gasteiger partial charge in [-0.15, -0.1) is 5.10 Å². The third-order valence-corrected chi connectivity index (χ3v) is 6.72. The van der Waals surface area contributed by atoms with Gasteiger partial charge in [-0.1, -0.05) is 12.0 Å². The van der Waals surface area contributed by atoms with Crippen molar-refractivity contribution in [2.75, 3.05) is 5.32 Å². The summed E-state index contributed by atoms with van der Waals surface area (Å²) in [7, 11) is 0. The van der Waals surface area contributed by atoms with Crippen LogP contribution in [-0.4, -0.2) is 31.4 Å². The van der Waals surface area contributed by atoms with Crippen LogP contribution in [0.5, 0.6) is 0 Å². The molecule has 2 heterocycles. The lowest BCUT2D eigenvalue weighted by Gasteiger charge is -2.14. The lowest BCUT2D eigenvalue weighted by molar-refractivity contribution is -0.137. The molecule has 208 valence electrons. The van der Waals surface area contributed by atoms with Crippen LogP contribution < -0.4 is 5.32 Å². The molecule has 7 nitrogen and oxygen atoms in total. The first-order chi connectivity index (χ1) is 19.5. The van der Waals surface area contributed by atoms with Gasteiger partial charge in [0.05, 0.1) is 23.3 Å². The summed E-state index contributed by atoms with van der Waals surface area (Å²) >= 11 is 0. The molecule has 1 saturated carbocycles. The van der Waals surface area contributed by atoms with Gasteiger partial charge in [0.25, 0.3) is 5.91 Å². The minimum absolute atomic E-state index is 0.00594. The summed E-state index contributed by atoms with van der Waals surface area (Å²) in [5, 5.41) is 10.9. The van der Waals surface area contributed by atoms with Crippen LogP contribution in [-0.2, 0) is 17.4 Å². The van der Waals surface area contributed by atoms with Gasteiger partial charge >= 0.3 is 6.18 Å². The normalized spacial score (nSPS) is 12.9. The standard InChI is InChI=1S/C31H26F3N5O2/c1-19-3-4-23(13-22(19)7-8-25-9-10-26(38-37-25)11-12-29(40)21-5-6-21)30(41)36-27-14-24(31(32,33)34)15-28(16-27)39-17-20(2)35-18-39/h3-4,9-10,13-18,21H,5-6,11-12H2,1-2H3,(H,36,41). The number of carbonyl (C=O) groups excluding carboxylic acids is 2. The Morgan fingerprint density at radius 3 is 2.49 bits per heavy atom. The molecule has 1 amide bonds. The molecular formula is C31H26F3N5O2. The Hall–Kier alpha value is -4.78. The highest BCUT2D eigenvalue weighted by atomic mass is 19.4. The Labute approximate surface area is 234 Å². The van der Waals surface area contributed by atoms with Crippen molar-refractivity contribution in [2.45, 2.75) is 45.7 Å². The number of alkyl halides is 3. The number of Topliss-reactive ketones (excluding diaryl/α,β-unsaturated/α-hetero) is 1. The number of benzene rings is 2. The Bertz CT molecular complexity index is 1680. The van der Waals surface area contributed by atoms with Crippen LogP contribution in [0, 0.1) is 31.6 Å². The Kier molecular flexibility index (Phi) is 7.70. The van der Waals surface area contributed by atoms with Gasteiger partial charge in [-0.25, -0.2) is 4.98 Å². The summed E-state index contributed by atoms with van der Waals surface area (Å²) in [6.45, 7) is 3.57. The quantitative estimate of drug-likeness (QED) is 0.288. The average Bonchev–Trinajstić information content (AvgIpc) is 3.71. The van der Waals surface area contributed by atoms with Crippen LogP contribution in [0.4, 0.5) is 18.9 Å². The molecule has 0 spiro atoms. The Morgan fingerprint density at radius 2 is 1.83 bits per heavy atom. The van der Waals surface area contributed by atoms with Crippen molar-refractivity contribution in [1.29, 1.82) is 0 Å². The zero-order valence-electron chi connectivity index (χ0n) is 22.4. The Balaban J connectivity index is 1.32. The number of nitrogens with one attached hydrogen (secondary N) is 1. The molecule has 1 aliphatic carbocycles. The maximum atomic E-state index is 13.6. The first-order valence-corrected chi connectivity index (χ1v) is 13.1. The molecule has 10 heteroatoms. The smallest absolute Gasteiger partial charge is 0.322 e. The Morgan fingerprint density at radius 1 is 1.02 bits per heavy atom. The molecule has 5 rings (SSSR count). The zero-order chi connectivity index (χ0) is 29.1. The largest absolute Gasteiger partial charge is 0.416 e. The van der Waals surface area contributed by atoms with E-state index in [0.29, 0.717) is 29.8 Å². The monoisotopic (exact) mass is 557 g/mol. The predicted molar refractivity (Wildman–Crippen MR) is 146 cm³/mol. The molecule has 4 aromatic rings. The fraction of sp³-hybridized carbons (Fsp3) is 0.258. The summed E-state index contributed by atoms with van der Waals surface area (Å²) in [6.07, 6.45) is 1.38. The van der Waals surface area contributed by atoms with Crippen molar-refractivity contribution in [1.82, 2.24) is 19.7 Å². The fourth-order valence-corrected chi connectivity index (χ4v) is 4.21. The average molecular weight is 558 g/mol. The third kappa shape index (κ3) is 7.06. The van der Waals surface area contributed by atoms with Crippen LogP contribution in [0.3, 0.4) is 0 Å². The number of amides is 1. The van der Waals surface area contributed by atoms with Crippen LogP contribution in [0.15, 0.2) is 61.1 Å². The van der Waals surface area contributed by atoms with E-state index in [0.717, 1.165) is 36.2 Å². The molecule has 0 radical (unpaired) electrons. The van der Waals surface area contributed by atoms with Gasteiger partial charge < -0.3 is 9.88 Å². The zero-order valence-corrected chi connectivity index (χ0v) is 22.4. The van der Waals surface area contributed by atoms with Crippen molar-refractivity contribution in [3.63, 3.8) is 0 Å². The summed E-state index contributed by atoms with van der Waals surface area (Å²) in [5.74, 6) is 5.85. The van der Waals surface area contributed by atoms with Crippen molar-refractivity contribution in [2.24, 2.45) is 5.92 Å². The highest BCUT2D eigenvalue weighted by Gasteiger charge is 2.32. The number of aromatic nitrogens is 4. The van der Waals surface area contributed by atoms with Crippen LogP contribution >= 0.6 is 0 Å². The van der Waals surface area contributed by atoms with Crippen molar-refractivity contribution < 1.29 is 22.8 Å². The predicted octanol–water partition coefficient (Wildman–Crippen LogP) is 5.86. The first kappa shape index (κ1) is 27.8. The molecular weight excluding hydrogens is 531 g/mol. The van der Waals surface area contributed by atoms with Gasteiger partial charge in [0.1, 0.15) is 11.5 Å². The number of ketones is 1. The van der Waals surface area contributed by atoms with E-state index < -0.39 is 17.6 Å². The molecule has 1 N–H and O–H groups in total. The molecule has 1 aliphatic rings. The number of halogens is 3. The van der Waals surface area contributed by atoms with Gasteiger partial charge in [0.15, 0.2) is 0 Å². The number of anilines is 1. The molecule has 2 aromatic heterocycles. The second kappa shape index (κ2) is 11.4. The highest BCUT2D eigenvalue weighted by molar-refractivity contribution is 6.04. The van der Waals surface area contributed by atoms with Gasteiger partial charge in [-0.05, 0) is 87.1 Å². The van der Waals surface area contributed by atoms with Crippen molar-refractivity contribution in [3.05, 3.63) is 100 Å². The molecule has 41 heavy (non-hydrogen) atoms. The second-order valence-electron chi connectivity index (χ2n) is 10.1. The second-order valence-corrected chi connectivity index (χ2v) is 10.1. The van der Waals surface area contributed by atoms with Gasteiger partial charge in [0.2, 0.25) is 0 Å². The molecule has 0 unspecified atom stereocenters. The minimum Gasteiger partial charge on any atom is -0.322 e. The van der Waals surface area contributed by atoms with Crippen LogP contribution in [0.2, 0.25) is 0 Å². The first-order valence-electron chi connectivity index (χ1n) is 13.1. The van der Waals surface area contributed by atoms with Gasteiger partial charge in [0, 0.05) is 41.0 Å². The third-order valence-electron chi connectivity index (χ3n) is 6.72. The lowest BCUT2D eigenvalue weighted by atomic mass is 10.0. The molecule has 0 aliphatic heterocycles. The number of hydrogen-bond acceptors (Lipinski definition) is 5. The van der Waals surface area contributed by atoms with Crippen molar-refractivity contribution in [3.8, 4) is 17.5 Å². The number of nitrogens with zero attached hydrogens (tertiary/aromatic N) is 4. The fourth-order valence-electron chi connectivity index (χ4n) is 4.21. The molecule has 1 fully saturated rings. The number of imidazole rings is 1. The van der Waals surface area contributed by atoms with Gasteiger partial charge in [-0.2, -0.15) is 18.3 Å². The van der Waals surface area contributed by atoms with Crippen molar-refractivity contribution >= 4 is 17.4 Å². The van der Waals surface area contributed by atoms with E-state index in [1.54, 1.807) is 43.5 Å². The molecule has 0 atom stereocenters. The van der Waals surface area contributed by atoms with E-state index in [2.05, 4.69) is 32.3 Å². The summed E-state index contributed by atoms with van der Waals surface area (Å²) in [4.78, 5) is 29.0. The highest BCUT2D eigenvalue weighted by Crippen LogP contribution is 2.33. The maximum absolute atomic E-state index is 13.6. The van der Waals surface area contributed by atoms with E-state index >= 15 is 0 Å². The topological polar surface area (TPSA) is 89.8 Å². The van der Waals surface area contributed by atoms with E-state index in [1.165, 1.54) is 17.0 Å². The molecule has 0 saturated heterocycles. The molecule has 0 bridgehead atoms. The lowest BCUT2D eigenvalue weighted by Crippen LogP contribution is -2.14. The van der Waals surface area contributed by atoms with Crippen LogP contribution in [0.25, 0.3) is 5.69 Å². The van der Waals surface area contributed by atoms with E-state index in [9.17, 15) is 22.8 Å². The SMILES string of the molecule is Cc1cn(-c2cc(NC(=O)c3ccc(C)c(C#Cc4ccc(CCC(=O)C5CC5)nn4)c3)cc(C(F)(F)F)c2)cn1. The van der Waals surface area contributed by atoms with E-state index in [-0.39, 0.29) is 28.6 Å². The van der Waals surface area contributed by atoms with E-state index in [4.69, 9.17) is 0 Å². The number of carbonyl (C=O) groups is 2. The number of hydrogen-bond donors (Lipinski definition) is 1. The van der Waals surface area contributed by atoms with Gasteiger partial charge in [-0.3, -0.25) is 9.59 Å². The molecule has 2 aromatic carbocycles. The summed E-state index contributed by atoms with van der Waals surface area (Å²) in [5.41, 5.74) is 2.73. The van der Waals surface area contributed by atoms with E-state index in [1.807, 2.05) is 6.92 Å². The number of aryl methyl sites for hydroxylation is 3. The summed E-state index contributed by atoms with van der Waals surface area (Å²) in [6, 6.07) is 11.8. The maximum Gasteiger partial charge on any atom is 0.416 e. The van der Waals surface area contributed by atoms with Crippen LogP contribution in [0.1, 0.15) is 63.4 Å². The summed E-state index contributed by atoms with van der Waals surface area (Å²) < 4.78 is 42.3.